The molecule has 0 fully saturated rings. The number of halogens is 2. The number of aliphatic imine (C=N–C) groups is 1. The molecule has 0 aliphatic carbocycles. The Kier molecular flexibility index (Phi) is 5.88. The van der Waals surface area contributed by atoms with E-state index in [1.165, 1.54) is 4.57 Å². The van der Waals surface area contributed by atoms with Gasteiger partial charge >= 0.3 is 0 Å². The fourth-order valence-corrected chi connectivity index (χ4v) is 4.05. The summed E-state index contributed by atoms with van der Waals surface area (Å²) in [6.07, 6.45) is 1.77. The molecule has 7 heteroatoms. The van der Waals surface area contributed by atoms with Crippen molar-refractivity contribution in [3.05, 3.63) is 117 Å². The zero-order valence-corrected chi connectivity index (χ0v) is 19.3. The topological polar surface area (TPSA) is 73.3 Å². The van der Waals surface area contributed by atoms with Crippen LogP contribution in [0.15, 0.2) is 101 Å². The summed E-state index contributed by atoms with van der Waals surface area (Å²) in [7, 11) is 0. The van der Waals surface area contributed by atoms with Crippen LogP contribution in [-0.2, 0) is 0 Å². The molecular weight excluding hydrogens is 467 g/mol. The predicted molar refractivity (Wildman–Crippen MR) is 141 cm³/mol. The molecule has 0 saturated carbocycles. The fourth-order valence-electron chi connectivity index (χ4n) is 3.65. The van der Waals surface area contributed by atoms with E-state index in [9.17, 15) is 4.79 Å². The molecule has 0 unspecified atom stereocenters. The maximum Gasteiger partial charge on any atom is 0.266 e. The lowest BCUT2D eigenvalue weighted by molar-refractivity contribution is 0.976. The second kappa shape index (κ2) is 9.14. The number of anilines is 1. The summed E-state index contributed by atoms with van der Waals surface area (Å²) in [6, 6.07) is 27.2. The zero-order valence-electron chi connectivity index (χ0n) is 17.8. The molecule has 0 spiro atoms. The SMILES string of the molecule is Nc1ccc(-n2c(-c3ccc(N=Cc4ccc(Cl)cc4)cc3)nc3ccccc3c2=O)c(Cl)c1. The van der Waals surface area contributed by atoms with Gasteiger partial charge in [-0.15, -0.1) is 0 Å². The Morgan fingerprint density at radius 1 is 0.882 bits per heavy atom. The highest BCUT2D eigenvalue weighted by Crippen LogP contribution is 2.28. The van der Waals surface area contributed by atoms with Gasteiger partial charge in [-0.3, -0.25) is 14.4 Å². The van der Waals surface area contributed by atoms with E-state index >= 15 is 0 Å². The average Bonchev–Trinajstić information content (AvgIpc) is 2.85. The van der Waals surface area contributed by atoms with Crippen LogP contribution in [0.4, 0.5) is 11.4 Å². The van der Waals surface area contributed by atoms with Crippen LogP contribution >= 0.6 is 23.2 Å². The third kappa shape index (κ3) is 4.31. The first kappa shape index (κ1) is 21.9. The van der Waals surface area contributed by atoms with Crippen LogP contribution in [-0.4, -0.2) is 15.8 Å². The number of benzene rings is 4. The summed E-state index contributed by atoms with van der Waals surface area (Å²) >= 11 is 12.4. The number of nitrogens with two attached hydrogens (primary N) is 1. The molecule has 0 radical (unpaired) electrons. The Bertz CT molecular complexity index is 1590. The molecule has 4 aromatic carbocycles. The van der Waals surface area contributed by atoms with Crippen molar-refractivity contribution in [2.75, 3.05) is 5.73 Å². The van der Waals surface area contributed by atoms with Crippen molar-refractivity contribution in [1.29, 1.82) is 0 Å². The van der Waals surface area contributed by atoms with E-state index in [2.05, 4.69) is 4.99 Å². The lowest BCUT2D eigenvalue weighted by atomic mass is 10.1. The maximum absolute atomic E-state index is 13.5. The Morgan fingerprint density at radius 3 is 2.35 bits per heavy atom. The fraction of sp³-hybridized carbons (Fsp3) is 0. The molecular formula is C27H18Cl2N4O. The van der Waals surface area contributed by atoms with Gasteiger partial charge in [-0.1, -0.05) is 47.5 Å². The number of nitrogens with zero attached hydrogens (tertiary/aromatic N) is 3. The lowest BCUT2D eigenvalue weighted by Crippen LogP contribution is -2.22. The smallest absolute Gasteiger partial charge is 0.266 e. The van der Waals surface area contributed by atoms with Gasteiger partial charge in [-0.25, -0.2) is 4.98 Å². The number of aromatic nitrogens is 2. The van der Waals surface area contributed by atoms with E-state index in [0.29, 0.717) is 38.1 Å². The molecule has 0 atom stereocenters. The van der Waals surface area contributed by atoms with E-state index in [1.54, 1.807) is 30.5 Å². The second-order valence-electron chi connectivity index (χ2n) is 7.66. The van der Waals surface area contributed by atoms with Crippen molar-refractivity contribution >= 4 is 51.7 Å². The predicted octanol–water partition coefficient (Wildman–Crippen LogP) is 6.69. The molecule has 1 heterocycles. The van der Waals surface area contributed by atoms with Gasteiger partial charge in [0.05, 0.1) is 27.3 Å². The number of rotatable bonds is 4. The highest BCUT2D eigenvalue weighted by atomic mass is 35.5. The first-order valence-corrected chi connectivity index (χ1v) is 11.2. The molecule has 5 nitrogen and oxygen atoms in total. The molecule has 0 aliphatic rings. The summed E-state index contributed by atoms with van der Waals surface area (Å²) in [5, 5.41) is 1.55. The minimum Gasteiger partial charge on any atom is -0.399 e. The van der Waals surface area contributed by atoms with Crippen LogP contribution in [0.1, 0.15) is 5.56 Å². The first-order valence-electron chi connectivity index (χ1n) is 10.5. The second-order valence-corrected chi connectivity index (χ2v) is 8.50. The summed E-state index contributed by atoms with van der Waals surface area (Å²) in [4.78, 5) is 22.8. The Balaban J connectivity index is 1.61. The standard InChI is InChI=1S/C27H18Cl2N4O/c28-19-9-5-17(6-10-19)16-31-21-12-7-18(8-13-21)26-32-24-4-2-1-3-22(24)27(34)33(26)25-14-11-20(30)15-23(25)29/h1-16H,30H2. The van der Waals surface area contributed by atoms with Gasteiger partial charge in [0.2, 0.25) is 0 Å². The molecule has 166 valence electrons. The highest BCUT2D eigenvalue weighted by Gasteiger charge is 2.16. The van der Waals surface area contributed by atoms with Gasteiger partial charge < -0.3 is 5.73 Å². The molecule has 0 saturated heterocycles. The molecule has 5 rings (SSSR count). The third-order valence-corrected chi connectivity index (χ3v) is 5.90. The van der Waals surface area contributed by atoms with E-state index in [1.807, 2.05) is 66.7 Å². The van der Waals surface area contributed by atoms with Gasteiger partial charge in [-0.05, 0) is 72.3 Å². The van der Waals surface area contributed by atoms with Gasteiger partial charge in [0.25, 0.3) is 5.56 Å². The highest BCUT2D eigenvalue weighted by molar-refractivity contribution is 6.32. The number of para-hydroxylation sites is 1. The minimum atomic E-state index is -0.211. The third-order valence-electron chi connectivity index (χ3n) is 5.35. The van der Waals surface area contributed by atoms with Gasteiger partial charge in [0.1, 0.15) is 5.82 Å². The zero-order chi connectivity index (χ0) is 23.7. The maximum atomic E-state index is 13.5. The molecule has 5 aromatic rings. The van der Waals surface area contributed by atoms with Crippen molar-refractivity contribution in [3.63, 3.8) is 0 Å². The number of nitrogen functional groups attached to an aromatic ring is 1. The van der Waals surface area contributed by atoms with Crippen molar-refractivity contribution in [1.82, 2.24) is 9.55 Å². The Labute approximate surface area is 205 Å². The summed E-state index contributed by atoms with van der Waals surface area (Å²) in [5.74, 6) is 0.476. The van der Waals surface area contributed by atoms with Crippen molar-refractivity contribution in [3.8, 4) is 17.1 Å². The summed E-state index contributed by atoms with van der Waals surface area (Å²) in [6.45, 7) is 0. The van der Waals surface area contributed by atoms with E-state index in [4.69, 9.17) is 33.9 Å². The van der Waals surface area contributed by atoms with Crippen LogP contribution in [0.3, 0.4) is 0 Å². The van der Waals surface area contributed by atoms with E-state index < -0.39 is 0 Å². The van der Waals surface area contributed by atoms with E-state index in [0.717, 1.165) is 16.8 Å². The van der Waals surface area contributed by atoms with Gasteiger partial charge in [-0.2, -0.15) is 0 Å². The van der Waals surface area contributed by atoms with Crippen molar-refractivity contribution < 1.29 is 0 Å². The van der Waals surface area contributed by atoms with Crippen molar-refractivity contribution in [2.24, 2.45) is 4.99 Å². The molecule has 0 bridgehead atoms. The normalized spacial score (nSPS) is 11.4. The van der Waals surface area contributed by atoms with Crippen LogP contribution in [0, 0.1) is 0 Å². The minimum absolute atomic E-state index is 0.211. The summed E-state index contributed by atoms with van der Waals surface area (Å²) in [5.41, 5.74) is 9.75. The Morgan fingerprint density at radius 2 is 1.62 bits per heavy atom. The average molecular weight is 485 g/mol. The molecule has 34 heavy (non-hydrogen) atoms. The number of hydrogen-bond donors (Lipinski definition) is 1. The van der Waals surface area contributed by atoms with Crippen molar-refractivity contribution in [2.45, 2.75) is 0 Å². The van der Waals surface area contributed by atoms with Crippen LogP contribution in [0.2, 0.25) is 10.0 Å². The quantitative estimate of drug-likeness (QED) is 0.228. The van der Waals surface area contributed by atoms with E-state index in [-0.39, 0.29) is 5.56 Å². The molecule has 0 amide bonds. The molecule has 0 aliphatic heterocycles. The molecule has 1 aromatic heterocycles. The Hall–Kier alpha value is -3.93. The largest absolute Gasteiger partial charge is 0.399 e. The van der Waals surface area contributed by atoms with Gasteiger partial charge in [0, 0.05) is 22.5 Å². The van der Waals surface area contributed by atoms with Crippen LogP contribution in [0.5, 0.6) is 0 Å². The lowest BCUT2D eigenvalue weighted by Gasteiger charge is -2.15. The molecule has 2 N–H and O–H groups in total. The van der Waals surface area contributed by atoms with Crippen LogP contribution < -0.4 is 11.3 Å². The first-order chi connectivity index (χ1) is 16.5. The van der Waals surface area contributed by atoms with Crippen LogP contribution in [0.25, 0.3) is 28.0 Å². The number of fused-ring (bicyclic) bond motifs is 1. The summed E-state index contributed by atoms with van der Waals surface area (Å²) < 4.78 is 1.52. The number of hydrogen-bond acceptors (Lipinski definition) is 4. The monoisotopic (exact) mass is 484 g/mol. The van der Waals surface area contributed by atoms with Gasteiger partial charge in [0.15, 0.2) is 0 Å².